The number of fused-ring (bicyclic) bond motifs is 1. The molecule has 0 aliphatic carbocycles. The Labute approximate surface area is 163 Å². The number of ether oxygens (including phenoxy) is 2. The zero-order valence-electron chi connectivity index (χ0n) is 16.4. The first-order chi connectivity index (χ1) is 13.1. The van der Waals surface area contributed by atoms with Gasteiger partial charge in [-0.3, -0.25) is 4.90 Å². The third-order valence-corrected chi connectivity index (χ3v) is 5.79. The summed E-state index contributed by atoms with van der Waals surface area (Å²) in [5.41, 5.74) is 0.941. The summed E-state index contributed by atoms with van der Waals surface area (Å²) < 4.78 is 12.7. The number of benzene rings is 1. The summed E-state index contributed by atoms with van der Waals surface area (Å²) >= 11 is 1.46. The van der Waals surface area contributed by atoms with Gasteiger partial charge in [0.2, 0.25) is 10.8 Å². The van der Waals surface area contributed by atoms with Crippen LogP contribution in [0.5, 0.6) is 17.4 Å². The predicted molar refractivity (Wildman–Crippen MR) is 106 cm³/mol. The molecule has 7 nitrogen and oxygen atoms in total. The van der Waals surface area contributed by atoms with E-state index in [0.717, 1.165) is 35.8 Å². The largest absolute Gasteiger partial charge is 0.493 e. The lowest BCUT2D eigenvalue weighted by Crippen LogP contribution is -2.29. The molecule has 1 unspecified atom stereocenters. The third-order valence-electron chi connectivity index (χ3n) is 4.71. The molecule has 3 rings (SSSR count). The Morgan fingerprint density at radius 2 is 1.93 bits per heavy atom. The Hall–Kier alpha value is -2.32. The van der Waals surface area contributed by atoms with Crippen molar-refractivity contribution < 1.29 is 14.6 Å². The van der Waals surface area contributed by atoms with Gasteiger partial charge in [-0.2, -0.15) is 4.52 Å². The van der Waals surface area contributed by atoms with E-state index in [1.54, 1.807) is 14.2 Å². The van der Waals surface area contributed by atoms with Crippen LogP contribution in [0.15, 0.2) is 18.2 Å². The van der Waals surface area contributed by atoms with E-state index in [1.807, 2.05) is 25.1 Å². The van der Waals surface area contributed by atoms with Crippen molar-refractivity contribution in [3.05, 3.63) is 34.5 Å². The van der Waals surface area contributed by atoms with E-state index in [9.17, 15) is 5.11 Å². The van der Waals surface area contributed by atoms with Gasteiger partial charge in [0.15, 0.2) is 17.3 Å². The molecule has 0 bridgehead atoms. The molecule has 0 aliphatic rings. The smallest absolute Gasteiger partial charge is 0.230 e. The van der Waals surface area contributed by atoms with Crippen LogP contribution in [0.2, 0.25) is 0 Å². The number of hydrogen-bond acceptors (Lipinski definition) is 7. The molecule has 1 atom stereocenters. The molecule has 0 amide bonds. The van der Waals surface area contributed by atoms with E-state index in [2.05, 4.69) is 28.8 Å². The molecule has 0 radical (unpaired) electrons. The van der Waals surface area contributed by atoms with Crippen LogP contribution in [0.25, 0.3) is 4.96 Å². The topological polar surface area (TPSA) is 72.1 Å². The van der Waals surface area contributed by atoms with Crippen molar-refractivity contribution in [2.45, 2.75) is 33.2 Å². The van der Waals surface area contributed by atoms with Gasteiger partial charge in [-0.05, 0) is 19.2 Å². The lowest BCUT2D eigenvalue weighted by Gasteiger charge is -2.30. The average molecular weight is 391 g/mol. The van der Waals surface area contributed by atoms with Crippen LogP contribution in [0.1, 0.15) is 43.1 Å². The van der Waals surface area contributed by atoms with Crippen LogP contribution in [-0.2, 0) is 6.42 Å². The molecule has 0 fully saturated rings. The minimum atomic E-state index is -0.191. The average Bonchev–Trinajstić information content (AvgIpc) is 3.24. The highest BCUT2D eigenvalue weighted by Gasteiger charge is 2.31. The van der Waals surface area contributed by atoms with Crippen LogP contribution >= 0.6 is 11.3 Å². The second-order valence-electron chi connectivity index (χ2n) is 6.07. The van der Waals surface area contributed by atoms with Crippen LogP contribution in [0.3, 0.4) is 0 Å². The fraction of sp³-hybridized carbons (Fsp3) is 0.474. The molecule has 0 saturated heterocycles. The number of para-hydroxylation sites is 1. The number of nitrogens with zero attached hydrogens (tertiary/aromatic N) is 4. The van der Waals surface area contributed by atoms with Crippen LogP contribution in [-0.4, -0.2) is 51.9 Å². The molecule has 2 aromatic heterocycles. The zero-order valence-corrected chi connectivity index (χ0v) is 17.2. The van der Waals surface area contributed by atoms with Crippen molar-refractivity contribution >= 4 is 16.3 Å². The van der Waals surface area contributed by atoms with E-state index < -0.39 is 0 Å². The minimum absolute atomic E-state index is 0.129. The second-order valence-corrected chi connectivity index (χ2v) is 7.08. The van der Waals surface area contributed by atoms with Gasteiger partial charge in [-0.1, -0.05) is 44.2 Å². The van der Waals surface area contributed by atoms with Crippen molar-refractivity contribution in [2.24, 2.45) is 0 Å². The fourth-order valence-corrected chi connectivity index (χ4v) is 4.47. The third kappa shape index (κ3) is 3.35. The molecule has 8 heteroatoms. The number of aromatic hydroxyl groups is 1. The Bertz CT molecular complexity index is 917. The SMILES string of the molecule is CCc1nc2sc(C(c3cccc(OC)c3OC)N(CC)CC)c(O)n2n1. The first-order valence-corrected chi connectivity index (χ1v) is 9.93. The Balaban J connectivity index is 2.22. The van der Waals surface area contributed by atoms with Crippen molar-refractivity contribution in [1.82, 2.24) is 19.5 Å². The summed E-state index contributed by atoms with van der Waals surface area (Å²) in [5, 5.41) is 15.3. The fourth-order valence-electron chi connectivity index (χ4n) is 3.34. The molecule has 0 aliphatic heterocycles. The van der Waals surface area contributed by atoms with Gasteiger partial charge < -0.3 is 14.6 Å². The molecule has 146 valence electrons. The quantitative estimate of drug-likeness (QED) is 0.635. The lowest BCUT2D eigenvalue weighted by molar-refractivity contribution is 0.241. The maximum Gasteiger partial charge on any atom is 0.230 e. The highest BCUT2D eigenvalue weighted by Crippen LogP contribution is 2.45. The van der Waals surface area contributed by atoms with Gasteiger partial charge in [-0.15, -0.1) is 5.10 Å². The molecule has 2 heterocycles. The Morgan fingerprint density at radius 1 is 1.19 bits per heavy atom. The van der Waals surface area contributed by atoms with Crippen molar-refractivity contribution in [1.29, 1.82) is 0 Å². The van der Waals surface area contributed by atoms with Crippen molar-refractivity contribution in [2.75, 3.05) is 27.3 Å². The summed E-state index contributed by atoms with van der Waals surface area (Å²) in [7, 11) is 3.26. The van der Waals surface area contributed by atoms with Gasteiger partial charge in [0, 0.05) is 12.0 Å². The van der Waals surface area contributed by atoms with Gasteiger partial charge in [0.05, 0.1) is 25.1 Å². The van der Waals surface area contributed by atoms with Gasteiger partial charge >= 0.3 is 0 Å². The van der Waals surface area contributed by atoms with Gasteiger partial charge in [0.1, 0.15) is 0 Å². The Morgan fingerprint density at radius 3 is 2.48 bits per heavy atom. The second kappa shape index (κ2) is 8.14. The van der Waals surface area contributed by atoms with Crippen molar-refractivity contribution in [3.8, 4) is 17.4 Å². The van der Waals surface area contributed by atoms with E-state index in [4.69, 9.17) is 9.47 Å². The molecular formula is C19H26N4O3S. The molecule has 0 spiro atoms. The van der Waals surface area contributed by atoms with Crippen LogP contribution in [0.4, 0.5) is 0 Å². The van der Waals surface area contributed by atoms with E-state index in [1.165, 1.54) is 15.9 Å². The minimum Gasteiger partial charge on any atom is -0.493 e. The van der Waals surface area contributed by atoms with Gasteiger partial charge in [0.25, 0.3) is 0 Å². The highest BCUT2D eigenvalue weighted by molar-refractivity contribution is 7.17. The molecule has 0 saturated carbocycles. The number of methoxy groups -OCH3 is 2. The van der Waals surface area contributed by atoms with Gasteiger partial charge in [-0.25, -0.2) is 4.98 Å². The summed E-state index contributed by atoms with van der Waals surface area (Å²) in [6, 6.07) is 5.63. The first kappa shape index (κ1) is 19.4. The maximum atomic E-state index is 10.9. The first-order valence-electron chi connectivity index (χ1n) is 9.11. The summed E-state index contributed by atoms with van der Waals surface area (Å²) in [6.07, 6.45) is 0.729. The summed E-state index contributed by atoms with van der Waals surface area (Å²) in [4.78, 5) is 8.27. The molecule has 1 aromatic carbocycles. The standard InChI is InChI=1S/C19H26N4O3S/c1-6-14-20-19-23(21-14)18(24)17(27-19)15(22(7-2)8-3)12-10-9-11-13(25-4)16(12)26-5/h9-11,15,24H,6-8H2,1-5H3. The normalized spacial score (nSPS) is 12.7. The predicted octanol–water partition coefficient (Wildman–Crippen LogP) is 3.51. The van der Waals surface area contributed by atoms with E-state index in [0.29, 0.717) is 16.5 Å². The maximum absolute atomic E-state index is 10.9. The van der Waals surface area contributed by atoms with Crippen molar-refractivity contribution in [3.63, 3.8) is 0 Å². The number of aromatic nitrogens is 3. The monoisotopic (exact) mass is 390 g/mol. The number of aryl methyl sites for hydroxylation is 1. The number of thiazole rings is 1. The molecule has 1 N–H and O–H groups in total. The summed E-state index contributed by atoms with van der Waals surface area (Å²) in [6.45, 7) is 7.83. The molecule has 3 aromatic rings. The van der Waals surface area contributed by atoms with E-state index in [-0.39, 0.29) is 11.9 Å². The number of hydrogen-bond donors (Lipinski definition) is 1. The zero-order chi connectivity index (χ0) is 19.6. The molecular weight excluding hydrogens is 364 g/mol. The van der Waals surface area contributed by atoms with Crippen LogP contribution in [0, 0.1) is 0 Å². The lowest BCUT2D eigenvalue weighted by atomic mass is 10.0. The summed E-state index contributed by atoms with van der Waals surface area (Å²) in [5.74, 6) is 2.19. The highest BCUT2D eigenvalue weighted by atomic mass is 32.1. The van der Waals surface area contributed by atoms with E-state index >= 15 is 0 Å². The van der Waals surface area contributed by atoms with Crippen LogP contribution < -0.4 is 9.47 Å². The Kier molecular flexibility index (Phi) is 5.86. The number of rotatable bonds is 8. The molecule has 27 heavy (non-hydrogen) atoms.